The number of piperazine rings is 1. The molecule has 0 radical (unpaired) electrons. The molecule has 1 heterocycles. The van der Waals surface area contributed by atoms with Gasteiger partial charge in [-0.1, -0.05) is 19.1 Å². The Morgan fingerprint density at radius 1 is 1.29 bits per heavy atom. The van der Waals surface area contributed by atoms with Crippen LogP contribution in [-0.2, 0) is 11.2 Å². The molecule has 112 valence electrons. The number of carbonyl (C=O) groups is 1. The highest BCUT2D eigenvalue weighted by Gasteiger charge is 2.24. The zero-order valence-corrected chi connectivity index (χ0v) is 12.5. The molecule has 1 atom stereocenters. The molecule has 1 saturated heterocycles. The predicted octanol–water partition coefficient (Wildman–Crippen LogP) is 0.592. The summed E-state index contributed by atoms with van der Waals surface area (Å²) in [6.45, 7) is 6.52. The first-order valence-electron chi connectivity index (χ1n) is 7.39. The molecule has 5 nitrogen and oxygen atoms in total. The van der Waals surface area contributed by atoms with Gasteiger partial charge < -0.3 is 15.5 Å². The van der Waals surface area contributed by atoms with Crippen molar-refractivity contribution in [1.29, 1.82) is 5.26 Å². The van der Waals surface area contributed by atoms with E-state index < -0.39 is 6.04 Å². The van der Waals surface area contributed by atoms with Gasteiger partial charge in [0.15, 0.2) is 0 Å². The van der Waals surface area contributed by atoms with E-state index in [2.05, 4.69) is 17.9 Å². The van der Waals surface area contributed by atoms with E-state index in [-0.39, 0.29) is 5.91 Å². The van der Waals surface area contributed by atoms with Crippen LogP contribution in [0.4, 0.5) is 0 Å². The molecule has 1 aromatic carbocycles. The molecule has 5 heteroatoms. The highest BCUT2D eigenvalue weighted by atomic mass is 16.2. The standard InChI is InChI=1S/C16H22N4O/c1-2-19-7-9-20(10-8-19)16(21)15(18)11-13-3-5-14(12-17)6-4-13/h3-6,15H,2,7-11,18H2,1H3. The van der Waals surface area contributed by atoms with Gasteiger partial charge in [-0.25, -0.2) is 0 Å². The number of carbonyl (C=O) groups excluding carboxylic acids is 1. The van der Waals surface area contributed by atoms with Gasteiger partial charge in [0.25, 0.3) is 0 Å². The van der Waals surface area contributed by atoms with E-state index in [1.54, 1.807) is 12.1 Å². The van der Waals surface area contributed by atoms with Crippen LogP contribution in [0, 0.1) is 11.3 Å². The van der Waals surface area contributed by atoms with Crippen molar-refractivity contribution in [2.75, 3.05) is 32.7 Å². The van der Waals surface area contributed by atoms with Gasteiger partial charge in [0.2, 0.25) is 5.91 Å². The van der Waals surface area contributed by atoms with E-state index in [0.29, 0.717) is 12.0 Å². The number of hydrogen-bond donors (Lipinski definition) is 1. The van der Waals surface area contributed by atoms with Gasteiger partial charge in [-0.2, -0.15) is 5.26 Å². The Balaban J connectivity index is 1.89. The van der Waals surface area contributed by atoms with Crippen LogP contribution >= 0.6 is 0 Å². The smallest absolute Gasteiger partial charge is 0.239 e. The maximum atomic E-state index is 12.4. The Labute approximate surface area is 125 Å². The molecule has 1 fully saturated rings. The Hall–Kier alpha value is -1.90. The fourth-order valence-electron chi connectivity index (χ4n) is 2.58. The second kappa shape index (κ2) is 7.21. The van der Waals surface area contributed by atoms with E-state index in [4.69, 9.17) is 11.0 Å². The molecule has 1 aliphatic heterocycles. The molecule has 0 saturated carbocycles. The molecule has 1 aromatic rings. The third-order valence-corrected chi connectivity index (χ3v) is 3.99. The topological polar surface area (TPSA) is 73.4 Å². The molecule has 1 amide bonds. The highest BCUT2D eigenvalue weighted by molar-refractivity contribution is 5.82. The minimum Gasteiger partial charge on any atom is -0.339 e. The van der Waals surface area contributed by atoms with E-state index in [1.807, 2.05) is 17.0 Å². The third-order valence-electron chi connectivity index (χ3n) is 3.99. The lowest BCUT2D eigenvalue weighted by Crippen LogP contribution is -2.53. The Morgan fingerprint density at radius 3 is 2.43 bits per heavy atom. The second-order valence-corrected chi connectivity index (χ2v) is 5.38. The van der Waals surface area contributed by atoms with Gasteiger partial charge in [0, 0.05) is 26.2 Å². The SMILES string of the molecule is CCN1CCN(C(=O)C(N)Cc2ccc(C#N)cc2)CC1. The summed E-state index contributed by atoms with van der Waals surface area (Å²) in [5.41, 5.74) is 7.66. The molecule has 0 aliphatic carbocycles. The number of rotatable bonds is 4. The maximum absolute atomic E-state index is 12.4. The first kappa shape index (κ1) is 15.5. The van der Waals surface area contributed by atoms with E-state index in [1.165, 1.54) is 0 Å². The lowest BCUT2D eigenvalue weighted by atomic mass is 10.0. The lowest BCUT2D eigenvalue weighted by Gasteiger charge is -2.35. The summed E-state index contributed by atoms with van der Waals surface area (Å²) in [6, 6.07) is 8.81. The minimum absolute atomic E-state index is 0.0233. The van der Waals surface area contributed by atoms with Gasteiger partial charge >= 0.3 is 0 Å². The van der Waals surface area contributed by atoms with Crippen molar-refractivity contribution in [3.8, 4) is 6.07 Å². The van der Waals surface area contributed by atoms with Gasteiger partial charge in [-0.05, 0) is 30.7 Å². The molecule has 0 aromatic heterocycles. The molecule has 1 unspecified atom stereocenters. The average Bonchev–Trinajstić information content (AvgIpc) is 2.55. The van der Waals surface area contributed by atoms with Gasteiger partial charge in [-0.3, -0.25) is 4.79 Å². The number of nitrogens with zero attached hydrogens (tertiary/aromatic N) is 3. The summed E-state index contributed by atoms with van der Waals surface area (Å²) in [5, 5.41) is 8.77. The number of benzene rings is 1. The zero-order valence-electron chi connectivity index (χ0n) is 12.5. The largest absolute Gasteiger partial charge is 0.339 e. The van der Waals surface area contributed by atoms with Crippen LogP contribution in [0.15, 0.2) is 24.3 Å². The lowest BCUT2D eigenvalue weighted by molar-refractivity contribution is -0.134. The van der Waals surface area contributed by atoms with Crippen LogP contribution in [0.25, 0.3) is 0 Å². The maximum Gasteiger partial charge on any atom is 0.239 e. The van der Waals surface area contributed by atoms with Crippen molar-refractivity contribution in [1.82, 2.24) is 9.80 Å². The van der Waals surface area contributed by atoms with Crippen LogP contribution in [0.2, 0.25) is 0 Å². The summed E-state index contributed by atoms with van der Waals surface area (Å²) in [7, 11) is 0. The van der Waals surface area contributed by atoms with Crippen LogP contribution < -0.4 is 5.73 Å². The average molecular weight is 286 g/mol. The van der Waals surface area contributed by atoms with E-state index in [0.717, 1.165) is 38.3 Å². The van der Waals surface area contributed by atoms with E-state index in [9.17, 15) is 4.79 Å². The fourth-order valence-corrected chi connectivity index (χ4v) is 2.58. The van der Waals surface area contributed by atoms with Crippen LogP contribution in [0.3, 0.4) is 0 Å². The molecule has 0 spiro atoms. The number of likely N-dealkylation sites (N-methyl/N-ethyl adjacent to an activating group) is 1. The quantitative estimate of drug-likeness (QED) is 0.879. The Morgan fingerprint density at radius 2 is 1.90 bits per heavy atom. The predicted molar refractivity (Wildman–Crippen MR) is 81.5 cm³/mol. The number of hydrogen-bond acceptors (Lipinski definition) is 4. The highest BCUT2D eigenvalue weighted by Crippen LogP contribution is 2.09. The Kier molecular flexibility index (Phi) is 5.32. The normalized spacial score (nSPS) is 17.3. The first-order valence-corrected chi connectivity index (χ1v) is 7.39. The molecular weight excluding hydrogens is 264 g/mol. The van der Waals surface area contributed by atoms with E-state index >= 15 is 0 Å². The molecular formula is C16H22N4O. The van der Waals surface area contributed by atoms with Crippen molar-refractivity contribution >= 4 is 5.91 Å². The van der Waals surface area contributed by atoms with Crippen molar-refractivity contribution in [2.45, 2.75) is 19.4 Å². The number of amides is 1. The fraction of sp³-hybridized carbons (Fsp3) is 0.500. The minimum atomic E-state index is -0.508. The van der Waals surface area contributed by atoms with Gasteiger partial charge in [-0.15, -0.1) is 0 Å². The van der Waals surface area contributed by atoms with Crippen molar-refractivity contribution in [3.63, 3.8) is 0 Å². The third kappa shape index (κ3) is 4.03. The molecule has 21 heavy (non-hydrogen) atoms. The number of nitrogens with two attached hydrogens (primary N) is 1. The molecule has 2 N–H and O–H groups in total. The summed E-state index contributed by atoms with van der Waals surface area (Å²) >= 11 is 0. The summed E-state index contributed by atoms with van der Waals surface area (Å²) in [6.07, 6.45) is 0.512. The van der Waals surface area contributed by atoms with Crippen molar-refractivity contribution in [3.05, 3.63) is 35.4 Å². The van der Waals surface area contributed by atoms with Crippen molar-refractivity contribution in [2.24, 2.45) is 5.73 Å². The van der Waals surface area contributed by atoms with Gasteiger partial charge in [0.1, 0.15) is 0 Å². The summed E-state index contributed by atoms with van der Waals surface area (Å²) < 4.78 is 0. The van der Waals surface area contributed by atoms with Gasteiger partial charge in [0.05, 0.1) is 17.7 Å². The second-order valence-electron chi connectivity index (χ2n) is 5.38. The summed E-state index contributed by atoms with van der Waals surface area (Å²) in [4.78, 5) is 16.5. The first-order chi connectivity index (χ1) is 10.1. The monoisotopic (exact) mass is 286 g/mol. The van der Waals surface area contributed by atoms with Crippen molar-refractivity contribution < 1.29 is 4.79 Å². The summed E-state index contributed by atoms with van der Waals surface area (Å²) in [5.74, 6) is 0.0233. The number of nitriles is 1. The molecule has 2 rings (SSSR count). The zero-order chi connectivity index (χ0) is 15.2. The van der Waals surface area contributed by atoms with Crippen LogP contribution in [0.1, 0.15) is 18.1 Å². The molecule has 0 bridgehead atoms. The van der Waals surface area contributed by atoms with Crippen LogP contribution in [0.5, 0.6) is 0 Å². The Bertz CT molecular complexity index is 512. The molecule has 1 aliphatic rings. The van der Waals surface area contributed by atoms with Crippen LogP contribution in [-0.4, -0.2) is 54.5 Å².